The van der Waals surface area contributed by atoms with Crippen LogP contribution in [-0.2, 0) is 0 Å². The van der Waals surface area contributed by atoms with Crippen LogP contribution in [0.3, 0.4) is 0 Å². The monoisotopic (exact) mass is 242 g/mol. The molecule has 0 aliphatic carbocycles. The van der Waals surface area contributed by atoms with Crippen LogP contribution in [0, 0.1) is 0 Å². The van der Waals surface area contributed by atoms with Crippen molar-refractivity contribution in [3.05, 3.63) is 0 Å². The zero-order valence-electron chi connectivity index (χ0n) is 11.0. The van der Waals surface area contributed by atoms with Crippen LogP contribution in [0.15, 0.2) is 0 Å². The van der Waals surface area contributed by atoms with Crippen molar-refractivity contribution in [3.8, 4) is 0 Å². The Hall–Kier alpha value is 0.350. The third kappa shape index (κ3) is 9.57. The zero-order chi connectivity index (χ0) is 11.3. The molecule has 96 valence electrons. The lowest BCUT2D eigenvalue weighted by atomic mass is 10.0. The molecule has 0 atom stereocenters. The lowest BCUT2D eigenvalue weighted by molar-refractivity contribution is 0.542. The van der Waals surface area contributed by atoms with E-state index in [-0.39, 0.29) is 0 Å². The van der Waals surface area contributed by atoms with E-state index in [0.29, 0.717) is 0 Å². The van der Waals surface area contributed by atoms with E-state index in [1.54, 1.807) is 0 Å². The average molecular weight is 242 g/mol. The van der Waals surface area contributed by atoms with E-state index in [1.807, 2.05) is 0 Å². The van der Waals surface area contributed by atoms with Gasteiger partial charge in [-0.2, -0.15) is 11.8 Å². The maximum atomic E-state index is 2.19. The predicted octanol–water partition coefficient (Wildman–Crippen LogP) is 5.80. The second kappa shape index (κ2) is 11.8. The maximum Gasteiger partial charge on any atom is -0.00675 e. The second-order valence-electron chi connectivity index (χ2n) is 5.21. The quantitative estimate of drug-likeness (QED) is 0.517. The van der Waals surface area contributed by atoms with Gasteiger partial charge in [-0.15, -0.1) is 0 Å². The van der Waals surface area contributed by atoms with Gasteiger partial charge in [-0.25, -0.2) is 0 Å². The minimum Gasteiger partial charge on any atom is -0.162 e. The molecule has 0 N–H and O–H groups in total. The molecule has 1 aliphatic heterocycles. The molecule has 0 bridgehead atoms. The summed E-state index contributed by atoms with van der Waals surface area (Å²) in [5, 5.41) is 0. The smallest absolute Gasteiger partial charge is 0.00675 e. The Morgan fingerprint density at radius 1 is 0.312 bits per heavy atom. The van der Waals surface area contributed by atoms with Gasteiger partial charge in [0.05, 0.1) is 0 Å². The SMILES string of the molecule is C1CCCCCCCSCCCCCCC1. The molecule has 0 spiro atoms. The molecular weight excluding hydrogens is 212 g/mol. The van der Waals surface area contributed by atoms with Crippen LogP contribution in [0.2, 0.25) is 0 Å². The minimum atomic E-state index is 1.42. The van der Waals surface area contributed by atoms with E-state index in [9.17, 15) is 0 Å². The first-order valence-corrected chi connectivity index (χ1v) is 8.73. The van der Waals surface area contributed by atoms with Gasteiger partial charge >= 0.3 is 0 Å². The van der Waals surface area contributed by atoms with E-state index in [2.05, 4.69) is 11.8 Å². The van der Waals surface area contributed by atoms with Crippen molar-refractivity contribution in [2.24, 2.45) is 0 Å². The summed E-state index contributed by atoms with van der Waals surface area (Å²) in [5.74, 6) is 2.83. The molecule has 16 heavy (non-hydrogen) atoms. The molecule has 0 unspecified atom stereocenters. The fraction of sp³-hybridized carbons (Fsp3) is 1.00. The third-order valence-corrected chi connectivity index (χ3v) is 4.73. The largest absolute Gasteiger partial charge is 0.162 e. The normalized spacial score (nSPS) is 24.0. The van der Waals surface area contributed by atoms with Crippen molar-refractivity contribution in [2.75, 3.05) is 11.5 Å². The molecule has 1 aliphatic rings. The van der Waals surface area contributed by atoms with Crippen LogP contribution in [0.4, 0.5) is 0 Å². The molecule has 1 heteroatoms. The number of hydrogen-bond donors (Lipinski definition) is 0. The Kier molecular flexibility index (Phi) is 10.7. The summed E-state index contributed by atoms with van der Waals surface area (Å²) in [6.07, 6.45) is 19.3. The average Bonchev–Trinajstić information content (AvgIpc) is 2.29. The Labute approximate surface area is 107 Å². The molecular formula is C15H30S. The first-order valence-electron chi connectivity index (χ1n) is 7.58. The van der Waals surface area contributed by atoms with E-state index < -0.39 is 0 Å². The van der Waals surface area contributed by atoms with Crippen LogP contribution < -0.4 is 0 Å². The molecule has 0 aromatic rings. The van der Waals surface area contributed by atoms with E-state index in [4.69, 9.17) is 0 Å². The van der Waals surface area contributed by atoms with Crippen molar-refractivity contribution >= 4 is 11.8 Å². The van der Waals surface area contributed by atoms with E-state index in [0.717, 1.165) is 0 Å². The topological polar surface area (TPSA) is 0 Å². The first kappa shape index (κ1) is 14.4. The van der Waals surface area contributed by atoms with Crippen molar-refractivity contribution in [1.29, 1.82) is 0 Å². The fourth-order valence-electron chi connectivity index (χ4n) is 2.45. The maximum absolute atomic E-state index is 2.19. The van der Waals surface area contributed by atoms with Crippen LogP contribution in [0.1, 0.15) is 83.5 Å². The predicted molar refractivity (Wildman–Crippen MR) is 77.3 cm³/mol. The summed E-state index contributed by atoms with van der Waals surface area (Å²) in [7, 11) is 0. The Bertz CT molecular complexity index is 69.4. The summed E-state index contributed by atoms with van der Waals surface area (Å²) in [6, 6.07) is 0. The van der Waals surface area contributed by atoms with Gasteiger partial charge in [0.2, 0.25) is 0 Å². The standard InChI is InChI=1S/C15H30S/c1-2-4-6-8-10-12-14-16-15-13-11-9-7-5-3-1/h1-15H2. The zero-order valence-corrected chi connectivity index (χ0v) is 11.8. The summed E-state index contributed by atoms with van der Waals surface area (Å²) in [4.78, 5) is 0. The highest BCUT2D eigenvalue weighted by molar-refractivity contribution is 7.99. The molecule has 0 aromatic carbocycles. The molecule has 1 rings (SSSR count). The molecule has 1 fully saturated rings. The van der Waals surface area contributed by atoms with Crippen molar-refractivity contribution in [3.63, 3.8) is 0 Å². The summed E-state index contributed by atoms with van der Waals surface area (Å²) >= 11 is 2.19. The molecule has 0 aromatic heterocycles. The molecule has 0 radical (unpaired) electrons. The second-order valence-corrected chi connectivity index (χ2v) is 6.43. The highest BCUT2D eigenvalue weighted by atomic mass is 32.2. The Morgan fingerprint density at radius 3 is 0.875 bits per heavy atom. The molecule has 0 nitrogen and oxygen atoms in total. The minimum absolute atomic E-state index is 1.42. The first-order chi connectivity index (χ1) is 8.00. The number of rotatable bonds is 0. The highest BCUT2D eigenvalue weighted by Crippen LogP contribution is 2.16. The summed E-state index contributed by atoms with van der Waals surface area (Å²) in [6.45, 7) is 0. The lowest BCUT2D eigenvalue weighted by Gasteiger charge is -2.05. The molecule has 0 amide bonds. The summed E-state index contributed by atoms with van der Waals surface area (Å²) in [5.41, 5.74) is 0. The van der Waals surface area contributed by atoms with Gasteiger partial charge in [0.15, 0.2) is 0 Å². The van der Waals surface area contributed by atoms with Gasteiger partial charge in [0.1, 0.15) is 0 Å². The fourth-order valence-corrected chi connectivity index (χ4v) is 3.48. The van der Waals surface area contributed by atoms with Gasteiger partial charge in [-0.05, 0) is 24.3 Å². The molecule has 1 saturated heterocycles. The van der Waals surface area contributed by atoms with Gasteiger partial charge in [0, 0.05) is 0 Å². The number of hydrogen-bond acceptors (Lipinski definition) is 1. The van der Waals surface area contributed by atoms with Gasteiger partial charge < -0.3 is 0 Å². The van der Waals surface area contributed by atoms with E-state index in [1.165, 1.54) is 95.0 Å². The van der Waals surface area contributed by atoms with Crippen molar-refractivity contribution in [1.82, 2.24) is 0 Å². The Morgan fingerprint density at radius 2 is 0.562 bits per heavy atom. The number of thioether (sulfide) groups is 1. The third-order valence-electron chi connectivity index (χ3n) is 3.58. The van der Waals surface area contributed by atoms with Crippen LogP contribution >= 0.6 is 11.8 Å². The summed E-state index contributed by atoms with van der Waals surface area (Å²) < 4.78 is 0. The van der Waals surface area contributed by atoms with Gasteiger partial charge in [-0.1, -0.05) is 70.6 Å². The molecule has 0 saturated carbocycles. The van der Waals surface area contributed by atoms with Crippen LogP contribution in [0.5, 0.6) is 0 Å². The molecule has 1 heterocycles. The van der Waals surface area contributed by atoms with Crippen molar-refractivity contribution in [2.45, 2.75) is 83.5 Å². The van der Waals surface area contributed by atoms with Gasteiger partial charge in [0.25, 0.3) is 0 Å². The van der Waals surface area contributed by atoms with Crippen molar-refractivity contribution < 1.29 is 0 Å². The highest BCUT2D eigenvalue weighted by Gasteiger charge is 1.96. The van der Waals surface area contributed by atoms with Crippen LogP contribution in [-0.4, -0.2) is 11.5 Å². The van der Waals surface area contributed by atoms with E-state index >= 15 is 0 Å². The van der Waals surface area contributed by atoms with Crippen LogP contribution in [0.25, 0.3) is 0 Å². The van der Waals surface area contributed by atoms with Gasteiger partial charge in [-0.3, -0.25) is 0 Å². The lowest BCUT2D eigenvalue weighted by Crippen LogP contribution is -1.88. The Balaban J connectivity index is 2.00.